The van der Waals surface area contributed by atoms with Gasteiger partial charge in [0.2, 0.25) is 0 Å². The van der Waals surface area contributed by atoms with E-state index in [1.165, 1.54) is 5.01 Å². The first-order chi connectivity index (χ1) is 10.3. The molecule has 114 valence electrons. The highest BCUT2D eigenvalue weighted by molar-refractivity contribution is 7.09. The van der Waals surface area contributed by atoms with Crippen LogP contribution < -0.4 is 14.8 Å². The fraction of sp³-hybridized carbons (Fsp3) is 0.438. The second kappa shape index (κ2) is 8.00. The predicted molar refractivity (Wildman–Crippen MR) is 86.2 cm³/mol. The summed E-state index contributed by atoms with van der Waals surface area (Å²) in [5.41, 5.74) is 2.06. The SMILES string of the molecule is CCCc1nc(COc2c(CNC)cccc2OC)cs1. The van der Waals surface area contributed by atoms with Crippen LogP contribution in [0.15, 0.2) is 23.6 Å². The summed E-state index contributed by atoms with van der Waals surface area (Å²) in [5, 5.41) is 6.39. The number of hydrogen-bond acceptors (Lipinski definition) is 5. The second-order valence-corrected chi connectivity index (χ2v) is 5.69. The zero-order chi connectivity index (χ0) is 15.1. The van der Waals surface area contributed by atoms with Crippen molar-refractivity contribution in [2.24, 2.45) is 0 Å². The zero-order valence-corrected chi connectivity index (χ0v) is 13.6. The molecule has 1 N–H and O–H groups in total. The minimum atomic E-state index is 0.470. The van der Waals surface area contributed by atoms with Gasteiger partial charge in [0.15, 0.2) is 11.5 Å². The number of aromatic nitrogens is 1. The monoisotopic (exact) mass is 306 g/mol. The van der Waals surface area contributed by atoms with Crippen molar-refractivity contribution < 1.29 is 9.47 Å². The van der Waals surface area contributed by atoms with E-state index in [9.17, 15) is 0 Å². The number of hydrogen-bond donors (Lipinski definition) is 1. The van der Waals surface area contributed by atoms with E-state index in [2.05, 4.69) is 22.6 Å². The van der Waals surface area contributed by atoms with Gasteiger partial charge in [0.1, 0.15) is 6.61 Å². The molecule has 1 aromatic carbocycles. The number of thiazole rings is 1. The topological polar surface area (TPSA) is 43.4 Å². The molecule has 0 spiro atoms. The number of rotatable bonds is 8. The minimum absolute atomic E-state index is 0.470. The molecular weight excluding hydrogens is 284 g/mol. The van der Waals surface area contributed by atoms with Gasteiger partial charge in [-0.2, -0.15) is 0 Å². The quantitative estimate of drug-likeness (QED) is 0.812. The van der Waals surface area contributed by atoms with E-state index in [-0.39, 0.29) is 0 Å². The number of methoxy groups -OCH3 is 1. The number of nitrogens with zero attached hydrogens (tertiary/aromatic N) is 1. The van der Waals surface area contributed by atoms with Gasteiger partial charge in [0.25, 0.3) is 0 Å². The molecule has 2 rings (SSSR count). The van der Waals surface area contributed by atoms with E-state index in [1.807, 2.05) is 25.2 Å². The van der Waals surface area contributed by atoms with Crippen LogP contribution in [0.2, 0.25) is 0 Å². The van der Waals surface area contributed by atoms with Gasteiger partial charge in [-0.15, -0.1) is 11.3 Å². The zero-order valence-electron chi connectivity index (χ0n) is 12.8. The van der Waals surface area contributed by atoms with Crippen molar-refractivity contribution >= 4 is 11.3 Å². The summed E-state index contributed by atoms with van der Waals surface area (Å²) in [6.07, 6.45) is 2.15. The minimum Gasteiger partial charge on any atom is -0.493 e. The number of benzene rings is 1. The van der Waals surface area contributed by atoms with E-state index < -0.39 is 0 Å². The smallest absolute Gasteiger partial charge is 0.166 e. The molecule has 0 amide bonds. The molecule has 0 aliphatic heterocycles. The molecular formula is C16H22N2O2S. The summed E-state index contributed by atoms with van der Waals surface area (Å²) in [6.45, 7) is 3.37. The highest BCUT2D eigenvalue weighted by Crippen LogP contribution is 2.31. The summed E-state index contributed by atoms with van der Waals surface area (Å²) in [4.78, 5) is 4.58. The van der Waals surface area contributed by atoms with Gasteiger partial charge < -0.3 is 14.8 Å². The van der Waals surface area contributed by atoms with Gasteiger partial charge in [-0.05, 0) is 26.0 Å². The Morgan fingerprint density at radius 2 is 2.19 bits per heavy atom. The lowest BCUT2D eigenvalue weighted by molar-refractivity contribution is 0.277. The van der Waals surface area contributed by atoms with Gasteiger partial charge in [0, 0.05) is 17.5 Å². The molecule has 1 aromatic heterocycles. The van der Waals surface area contributed by atoms with E-state index in [1.54, 1.807) is 18.4 Å². The molecule has 5 heteroatoms. The molecule has 0 radical (unpaired) electrons. The Bertz CT molecular complexity index is 569. The van der Waals surface area contributed by atoms with Crippen LogP contribution in [0.5, 0.6) is 11.5 Å². The summed E-state index contributed by atoms with van der Waals surface area (Å²) in [5.74, 6) is 1.55. The molecule has 0 bridgehead atoms. The summed E-state index contributed by atoms with van der Waals surface area (Å²) < 4.78 is 11.4. The molecule has 0 saturated heterocycles. The largest absolute Gasteiger partial charge is 0.493 e. The molecule has 4 nitrogen and oxygen atoms in total. The molecule has 1 heterocycles. The van der Waals surface area contributed by atoms with Crippen LogP contribution in [0.25, 0.3) is 0 Å². The maximum atomic E-state index is 5.97. The van der Waals surface area contributed by atoms with Gasteiger partial charge in [-0.25, -0.2) is 4.98 Å². The van der Waals surface area contributed by atoms with Crippen LogP contribution in [0, 0.1) is 0 Å². The van der Waals surface area contributed by atoms with Crippen molar-refractivity contribution in [1.29, 1.82) is 0 Å². The van der Waals surface area contributed by atoms with Crippen LogP contribution in [0.4, 0.5) is 0 Å². The van der Waals surface area contributed by atoms with E-state index >= 15 is 0 Å². The van der Waals surface area contributed by atoms with Gasteiger partial charge in [-0.3, -0.25) is 0 Å². The fourth-order valence-corrected chi connectivity index (χ4v) is 2.99. The van der Waals surface area contributed by atoms with Gasteiger partial charge in [0.05, 0.1) is 17.8 Å². The van der Waals surface area contributed by atoms with E-state index in [4.69, 9.17) is 9.47 Å². The highest BCUT2D eigenvalue weighted by Gasteiger charge is 2.11. The van der Waals surface area contributed by atoms with Crippen molar-refractivity contribution in [2.75, 3.05) is 14.2 Å². The molecule has 0 fully saturated rings. The summed E-state index contributed by atoms with van der Waals surface area (Å²) >= 11 is 1.70. The van der Waals surface area contributed by atoms with Crippen molar-refractivity contribution in [1.82, 2.24) is 10.3 Å². The lowest BCUT2D eigenvalue weighted by Gasteiger charge is -2.14. The Hall–Kier alpha value is -1.59. The van der Waals surface area contributed by atoms with E-state index in [0.717, 1.165) is 42.1 Å². The van der Waals surface area contributed by atoms with Crippen LogP contribution in [-0.4, -0.2) is 19.1 Å². The second-order valence-electron chi connectivity index (χ2n) is 4.75. The van der Waals surface area contributed by atoms with Crippen LogP contribution in [0.1, 0.15) is 29.6 Å². The van der Waals surface area contributed by atoms with Gasteiger partial charge >= 0.3 is 0 Å². The Labute approximate surface area is 130 Å². The van der Waals surface area contributed by atoms with Crippen molar-refractivity contribution in [3.8, 4) is 11.5 Å². The molecule has 21 heavy (non-hydrogen) atoms. The molecule has 2 aromatic rings. The lowest BCUT2D eigenvalue weighted by atomic mass is 10.2. The maximum absolute atomic E-state index is 5.97. The third-order valence-electron chi connectivity index (χ3n) is 3.08. The lowest BCUT2D eigenvalue weighted by Crippen LogP contribution is -2.08. The third-order valence-corrected chi connectivity index (χ3v) is 4.03. The first-order valence-electron chi connectivity index (χ1n) is 7.15. The third kappa shape index (κ3) is 4.19. The van der Waals surface area contributed by atoms with E-state index in [0.29, 0.717) is 6.61 Å². The van der Waals surface area contributed by atoms with Gasteiger partial charge in [-0.1, -0.05) is 19.1 Å². The molecule has 0 aliphatic carbocycles. The first kappa shape index (κ1) is 15.8. The van der Waals surface area contributed by atoms with Crippen molar-refractivity contribution in [3.63, 3.8) is 0 Å². The Morgan fingerprint density at radius 3 is 2.90 bits per heavy atom. The Kier molecular flexibility index (Phi) is 6.02. The Balaban J connectivity index is 2.10. The molecule has 0 aliphatic rings. The first-order valence-corrected chi connectivity index (χ1v) is 8.03. The molecule has 0 unspecified atom stereocenters. The fourth-order valence-electron chi connectivity index (χ4n) is 2.11. The standard InChI is InChI=1S/C16H22N2O2S/c1-4-6-15-18-13(11-21-15)10-20-16-12(9-17-2)7-5-8-14(16)19-3/h5,7-8,11,17H,4,6,9-10H2,1-3H3. The normalized spacial score (nSPS) is 10.6. The van der Waals surface area contributed by atoms with Crippen molar-refractivity contribution in [2.45, 2.75) is 32.9 Å². The molecule has 0 saturated carbocycles. The van der Waals surface area contributed by atoms with Crippen molar-refractivity contribution in [3.05, 3.63) is 39.8 Å². The van der Waals surface area contributed by atoms with Crippen LogP contribution >= 0.6 is 11.3 Å². The number of ether oxygens (including phenoxy) is 2. The number of para-hydroxylation sites is 1. The highest BCUT2D eigenvalue weighted by atomic mass is 32.1. The molecule has 0 atom stereocenters. The number of nitrogens with one attached hydrogen (secondary N) is 1. The average molecular weight is 306 g/mol. The Morgan fingerprint density at radius 1 is 1.33 bits per heavy atom. The van der Waals surface area contributed by atoms with Crippen LogP contribution in [0.3, 0.4) is 0 Å². The average Bonchev–Trinajstić information content (AvgIpc) is 2.94. The summed E-state index contributed by atoms with van der Waals surface area (Å²) in [6, 6.07) is 5.93. The maximum Gasteiger partial charge on any atom is 0.166 e. The van der Waals surface area contributed by atoms with Crippen LogP contribution in [-0.2, 0) is 19.6 Å². The predicted octanol–water partition coefficient (Wildman–Crippen LogP) is 3.40. The number of aryl methyl sites for hydroxylation is 1. The summed E-state index contributed by atoms with van der Waals surface area (Å²) in [7, 11) is 3.58.